The highest BCUT2D eigenvalue weighted by atomic mass is 15.3. The predicted octanol–water partition coefficient (Wildman–Crippen LogP) is 3.63. The Hall–Kier alpha value is -1.77. The number of hydrogen-bond acceptors (Lipinski definition) is 2. The third kappa shape index (κ3) is 2.72. The largest absolute Gasteiger partial charge is 0.382 e. The van der Waals surface area contributed by atoms with E-state index in [-0.39, 0.29) is 0 Å². The molecule has 1 aromatic carbocycles. The lowest BCUT2D eigenvalue weighted by molar-refractivity contribution is 0.580. The molecule has 2 aromatic rings. The average molecular weight is 269 g/mol. The van der Waals surface area contributed by atoms with Gasteiger partial charge in [-0.1, -0.05) is 19.1 Å². The van der Waals surface area contributed by atoms with Crippen LogP contribution in [0.4, 0.5) is 5.69 Å². The molecule has 3 heteroatoms. The lowest BCUT2D eigenvalue weighted by Gasteiger charge is -2.24. The van der Waals surface area contributed by atoms with Crippen LogP contribution in [-0.4, -0.2) is 15.8 Å². The molecule has 1 N–H and O–H groups in total. The van der Waals surface area contributed by atoms with Crippen molar-refractivity contribution < 1.29 is 0 Å². The number of aryl methyl sites for hydroxylation is 2. The molecule has 0 radical (unpaired) electrons. The highest BCUT2D eigenvalue weighted by molar-refractivity contribution is 5.55. The summed E-state index contributed by atoms with van der Waals surface area (Å²) in [7, 11) is 0. The Labute approximate surface area is 121 Å². The summed E-state index contributed by atoms with van der Waals surface area (Å²) in [6, 6.07) is 9.57. The standard InChI is InChI=1S/C17H23N3/c1-3-10-20-16(8-9-18-20)12-14-5-7-17-15(11-14)6-4-13(2)19-17/h5,7-9,11,13,19H,3-4,6,10,12H2,1-2H3. The average Bonchev–Trinajstić information content (AvgIpc) is 2.87. The summed E-state index contributed by atoms with van der Waals surface area (Å²) in [4.78, 5) is 0. The third-order valence-corrected chi connectivity index (χ3v) is 4.04. The molecule has 0 fully saturated rings. The second kappa shape index (κ2) is 5.70. The minimum absolute atomic E-state index is 0.597. The molecule has 20 heavy (non-hydrogen) atoms. The second-order valence-corrected chi connectivity index (χ2v) is 5.80. The van der Waals surface area contributed by atoms with E-state index in [2.05, 4.69) is 53.2 Å². The van der Waals surface area contributed by atoms with Crippen LogP contribution in [0.5, 0.6) is 0 Å². The van der Waals surface area contributed by atoms with E-state index >= 15 is 0 Å². The maximum absolute atomic E-state index is 4.40. The van der Waals surface area contributed by atoms with E-state index in [0.717, 1.165) is 19.4 Å². The number of benzene rings is 1. The van der Waals surface area contributed by atoms with Crippen LogP contribution in [0.3, 0.4) is 0 Å². The van der Waals surface area contributed by atoms with Gasteiger partial charge in [0.2, 0.25) is 0 Å². The smallest absolute Gasteiger partial charge is 0.0492 e. The van der Waals surface area contributed by atoms with Crippen LogP contribution in [0.2, 0.25) is 0 Å². The number of nitrogens with one attached hydrogen (secondary N) is 1. The first kappa shape index (κ1) is 13.2. The molecule has 0 saturated carbocycles. The van der Waals surface area contributed by atoms with Gasteiger partial charge in [-0.2, -0.15) is 5.10 Å². The molecule has 1 aromatic heterocycles. The summed E-state index contributed by atoms with van der Waals surface area (Å²) in [6.07, 6.45) is 6.42. The Kier molecular flexibility index (Phi) is 3.77. The Morgan fingerprint density at radius 3 is 3.10 bits per heavy atom. The molecule has 0 amide bonds. The minimum atomic E-state index is 0.597. The van der Waals surface area contributed by atoms with Crippen molar-refractivity contribution in [2.75, 3.05) is 5.32 Å². The van der Waals surface area contributed by atoms with Gasteiger partial charge in [-0.3, -0.25) is 4.68 Å². The van der Waals surface area contributed by atoms with Crippen LogP contribution in [0.15, 0.2) is 30.5 Å². The van der Waals surface area contributed by atoms with Crippen molar-refractivity contribution in [1.82, 2.24) is 9.78 Å². The van der Waals surface area contributed by atoms with Gasteiger partial charge in [0.25, 0.3) is 0 Å². The van der Waals surface area contributed by atoms with Crippen LogP contribution in [-0.2, 0) is 19.4 Å². The number of nitrogens with zero attached hydrogens (tertiary/aromatic N) is 2. The van der Waals surface area contributed by atoms with Gasteiger partial charge in [0.05, 0.1) is 0 Å². The van der Waals surface area contributed by atoms with Gasteiger partial charge >= 0.3 is 0 Å². The number of aromatic nitrogens is 2. The van der Waals surface area contributed by atoms with Crippen molar-refractivity contribution in [2.45, 2.75) is 52.1 Å². The van der Waals surface area contributed by atoms with E-state index in [1.165, 1.54) is 35.3 Å². The molecule has 3 nitrogen and oxygen atoms in total. The van der Waals surface area contributed by atoms with Crippen LogP contribution < -0.4 is 5.32 Å². The van der Waals surface area contributed by atoms with E-state index in [0.29, 0.717) is 6.04 Å². The quantitative estimate of drug-likeness (QED) is 0.918. The predicted molar refractivity (Wildman–Crippen MR) is 83.2 cm³/mol. The lowest BCUT2D eigenvalue weighted by Crippen LogP contribution is -2.21. The molecular weight excluding hydrogens is 246 g/mol. The highest BCUT2D eigenvalue weighted by Crippen LogP contribution is 2.26. The molecule has 1 aliphatic rings. The topological polar surface area (TPSA) is 29.9 Å². The summed E-state index contributed by atoms with van der Waals surface area (Å²) >= 11 is 0. The first-order valence-electron chi connectivity index (χ1n) is 7.65. The zero-order chi connectivity index (χ0) is 13.9. The van der Waals surface area contributed by atoms with Crippen LogP contribution in [0, 0.1) is 0 Å². The van der Waals surface area contributed by atoms with E-state index < -0.39 is 0 Å². The number of anilines is 1. The lowest BCUT2D eigenvalue weighted by atomic mass is 9.96. The van der Waals surface area contributed by atoms with Gasteiger partial charge in [0.15, 0.2) is 0 Å². The summed E-state index contributed by atoms with van der Waals surface area (Å²) in [5, 5.41) is 7.96. The van der Waals surface area contributed by atoms with Crippen molar-refractivity contribution in [2.24, 2.45) is 0 Å². The summed E-state index contributed by atoms with van der Waals surface area (Å²) in [5.41, 5.74) is 5.47. The van der Waals surface area contributed by atoms with Crippen LogP contribution in [0.1, 0.15) is 43.5 Å². The van der Waals surface area contributed by atoms with Gasteiger partial charge in [-0.15, -0.1) is 0 Å². The molecule has 0 spiro atoms. The maximum atomic E-state index is 4.40. The molecular formula is C17H23N3. The Balaban J connectivity index is 1.79. The van der Waals surface area contributed by atoms with E-state index in [1.807, 2.05) is 6.20 Å². The Bertz CT molecular complexity index is 586. The molecule has 0 saturated heterocycles. The fourth-order valence-corrected chi connectivity index (χ4v) is 2.95. The van der Waals surface area contributed by atoms with Crippen LogP contribution in [0.25, 0.3) is 0 Å². The van der Waals surface area contributed by atoms with E-state index in [1.54, 1.807) is 0 Å². The van der Waals surface area contributed by atoms with Crippen molar-refractivity contribution in [3.8, 4) is 0 Å². The van der Waals surface area contributed by atoms with Gasteiger partial charge in [0.1, 0.15) is 0 Å². The molecule has 1 unspecified atom stereocenters. The molecule has 0 bridgehead atoms. The van der Waals surface area contributed by atoms with E-state index in [4.69, 9.17) is 0 Å². The molecule has 1 atom stereocenters. The molecule has 3 rings (SSSR count). The second-order valence-electron chi connectivity index (χ2n) is 5.80. The summed E-state index contributed by atoms with van der Waals surface area (Å²) in [5.74, 6) is 0. The number of hydrogen-bond donors (Lipinski definition) is 1. The molecule has 2 heterocycles. The zero-order valence-electron chi connectivity index (χ0n) is 12.4. The van der Waals surface area contributed by atoms with Gasteiger partial charge in [-0.25, -0.2) is 0 Å². The molecule has 1 aliphatic heterocycles. The number of fused-ring (bicyclic) bond motifs is 1. The van der Waals surface area contributed by atoms with Gasteiger partial charge in [-0.05, 0) is 49.4 Å². The summed E-state index contributed by atoms with van der Waals surface area (Å²) in [6.45, 7) is 5.45. The molecule has 106 valence electrons. The Morgan fingerprint density at radius 1 is 1.35 bits per heavy atom. The van der Waals surface area contributed by atoms with Crippen molar-refractivity contribution in [1.29, 1.82) is 0 Å². The fraction of sp³-hybridized carbons (Fsp3) is 0.471. The fourth-order valence-electron chi connectivity index (χ4n) is 2.95. The SMILES string of the molecule is CCCn1nccc1Cc1ccc2c(c1)CCC(C)N2. The first-order valence-corrected chi connectivity index (χ1v) is 7.65. The van der Waals surface area contributed by atoms with Crippen molar-refractivity contribution in [3.05, 3.63) is 47.3 Å². The maximum Gasteiger partial charge on any atom is 0.0492 e. The minimum Gasteiger partial charge on any atom is -0.382 e. The van der Waals surface area contributed by atoms with Crippen LogP contribution >= 0.6 is 0 Å². The Morgan fingerprint density at radius 2 is 2.25 bits per heavy atom. The third-order valence-electron chi connectivity index (χ3n) is 4.04. The molecule has 0 aliphatic carbocycles. The van der Waals surface area contributed by atoms with Gasteiger partial charge < -0.3 is 5.32 Å². The summed E-state index contributed by atoms with van der Waals surface area (Å²) < 4.78 is 2.12. The number of rotatable bonds is 4. The van der Waals surface area contributed by atoms with Gasteiger partial charge in [0, 0.05) is 36.6 Å². The van der Waals surface area contributed by atoms with E-state index in [9.17, 15) is 0 Å². The monoisotopic (exact) mass is 269 g/mol. The first-order chi connectivity index (χ1) is 9.76. The normalized spacial score (nSPS) is 17.6. The highest BCUT2D eigenvalue weighted by Gasteiger charge is 2.14. The zero-order valence-corrected chi connectivity index (χ0v) is 12.4. The van der Waals surface area contributed by atoms with Crippen molar-refractivity contribution in [3.63, 3.8) is 0 Å². The van der Waals surface area contributed by atoms with Crippen molar-refractivity contribution >= 4 is 5.69 Å².